The van der Waals surface area contributed by atoms with Gasteiger partial charge in [-0.2, -0.15) is 10.2 Å². The van der Waals surface area contributed by atoms with Gasteiger partial charge in [-0.15, -0.1) is 0 Å². The molecule has 1 heterocycles. The first kappa shape index (κ1) is 20.9. The Morgan fingerprint density at radius 2 is 1.93 bits per heavy atom. The van der Waals surface area contributed by atoms with Gasteiger partial charge in [0.1, 0.15) is 11.4 Å². The third-order valence-corrected chi connectivity index (χ3v) is 4.12. The van der Waals surface area contributed by atoms with E-state index in [0.29, 0.717) is 22.9 Å². The maximum atomic E-state index is 12.3. The molecule has 156 valence electrons. The molecule has 1 aromatic heterocycles. The lowest BCUT2D eigenvalue weighted by Crippen LogP contribution is -2.18. The van der Waals surface area contributed by atoms with E-state index in [1.54, 1.807) is 20.3 Å². The number of ether oxygens (including phenoxy) is 3. The van der Waals surface area contributed by atoms with Crippen molar-refractivity contribution in [2.24, 2.45) is 5.10 Å². The molecule has 8 heteroatoms. The average Bonchev–Trinajstić information content (AvgIpc) is 3.24. The number of rotatable bonds is 8. The van der Waals surface area contributed by atoms with E-state index in [2.05, 4.69) is 20.7 Å². The predicted octanol–water partition coefficient (Wildman–Crippen LogP) is 3.65. The van der Waals surface area contributed by atoms with Gasteiger partial charge >= 0.3 is 0 Å². The van der Waals surface area contributed by atoms with Crippen molar-refractivity contribution in [3.63, 3.8) is 0 Å². The molecule has 0 aliphatic heterocycles. The second kappa shape index (κ2) is 9.60. The zero-order valence-electron chi connectivity index (χ0n) is 17.3. The van der Waals surface area contributed by atoms with E-state index in [1.807, 2.05) is 56.3 Å². The summed E-state index contributed by atoms with van der Waals surface area (Å²) in [7, 11) is 3.17. The predicted molar refractivity (Wildman–Crippen MR) is 114 cm³/mol. The third-order valence-electron chi connectivity index (χ3n) is 4.12. The lowest BCUT2D eigenvalue weighted by atomic mass is 10.1. The maximum absolute atomic E-state index is 12.3. The number of aromatic amines is 1. The SMILES string of the molecule is COc1cccc(/C=N\NC(=O)c2cc(-c3ccc(OC(C)C)c(OC)c3)n[nH]2)c1. The van der Waals surface area contributed by atoms with Crippen LogP contribution >= 0.6 is 0 Å². The van der Waals surface area contributed by atoms with Crippen LogP contribution in [0.2, 0.25) is 0 Å². The van der Waals surface area contributed by atoms with Gasteiger partial charge in [0.25, 0.3) is 5.91 Å². The normalized spacial score (nSPS) is 11.0. The molecule has 3 rings (SSSR count). The molecule has 8 nitrogen and oxygen atoms in total. The first-order valence-electron chi connectivity index (χ1n) is 9.38. The van der Waals surface area contributed by atoms with Crippen molar-refractivity contribution in [2.45, 2.75) is 20.0 Å². The second-order valence-electron chi connectivity index (χ2n) is 6.67. The minimum atomic E-state index is -0.403. The van der Waals surface area contributed by atoms with Crippen molar-refractivity contribution in [2.75, 3.05) is 14.2 Å². The van der Waals surface area contributed by atoms with E-state index in [1.165, 1.54) is 6.21 Å². The monoisotopic (exact) mass is 408 g/mol. The number of nitrogens with one attached hydrogen (secondary N) is 2. The molecule has 0 saturated carbocycles. The van der Waals surface area contributed by atoms with Crippen LogP contribution in [0.3, 0.4) is 0 Å². The van der Waals surface area contributed by atoms with Gasteiger partial charge in [-0.05, 0) is 55.8 Å². The summed E-state index contributed by atoms with van der Waals surface area (Å²) >= 11 is 0. The van der Waals surface area contributed by atoms with Crippen molar-refractivity contribution in [3.05, 3.63) is 59.8 Å². The average molecular weight is 408 g/mol. The van der Waals surface area contributed by atoms with Gasteiger partial charge in [0.15, 0.2) is 11.5 Å². The summed E-state index contributed by atoms with van der Waals surface area (Å²) in [5.41, 5.74) is 4.96. The highest BCUT2D eigenvalue weighted by Gasteiger charge is 2.13. The summed E-state index contributed by atoms with van der Waals surface area (Å²) in [5.74, 6) is 1.55. The Balaban J connectivity index is 1.69. The third kappa shape index (κ3) is 5.16. The van der Waals surface area contributed by atoms with Crippen LogP contribution in [-0.4, -0.2) is 42.6 Å². The van der Waals surface area contributed by atoms with Crippen molar-refractivity contribution < 1.29 is 19.0 Å². The van der Waals surface area contributed by atoms with Gasteiger partial charge in [0.05, 0.1) is 32.2 Å². The van der Waals surface area contributed by atoms with Crippen LogP contribution in [0, 0.1) is 0 Å². The largest absolute Gasteiger partial charge is 0.497 e. The summed E-state index contributed by atoms with van der Waals surface area (Å²) in [6.45, 7) is 3.89. The van der Waals surface area contributed by atoms with E-state index >= 15 is 0 Å². The number of aromatic nitrogens is 2. The topological polar surface area (TPSA) is 97.8 Å². The van der Waals surface area contributed by atoms with Crippen LogP contribution in [0.5, 0.6) is 17.2 Å². The summed E-state index contributed by atoms with van der Waals surface area (Å²) in [6.07, 6.45) is 1.57. The van der Waals surface area contributed by atoms with Crippen molar-refractivity contribution >= 4 is 12.1 Å². The number of methoxy groups -OCH3 is 2. The Morgan fingerprint density at radius 1 is 1.10 bits per heavy atom. The Kier molecular flexibility index (Phi) is 6.69. The van der Waals surface area contributed by atoms with Crippen LogP contribution in [0.15, 0.2) is 53.6 Å². The molecule has 0 radical (unpaired) electrons. The molecule has 0 aliphatic rings. The number of nitrogens with zero attached hydrogens (tertiary/aromatic N) is 2. The molecule has 3 aromatic rings. The number of hydrogen-bond donors (Lipinski definition) is 2. The number of H-pyrrole nitrogens is 1. The molecule has 0 spiro atoms. The molecule has 0 fully saturated rings. The quantitative estimate of drug-likeness (QED) is 0.438. The highest BCUT2D eigenvalue weighted by molar-refractivity contribution is 5.94. The van der Waals surface area contributed by atoms with Crippen molar-refractivity contribution in [1.82, 2.24) is 15.6 Å². The number of hydrazone groups is 1. The van der Waals surface area contributed by atoms with E-state index in [-0.39, 0.29) is 11.8 Å². The fourth-order valence-electron chi connectivity index (χ4n) is 2.71. The zero-order chi connectivity index (χ0) is 21.5. The maximum Gasteiger partial charge on any atom is 0.289 e. The van der Waals surface area contributed by atoms with Crippen LogP contribution in [0.1, 0.15) is 29.9 Å². The van der Waals surface area contributed by atoms with E-state index in [9.17, 15) is 4.79 Å². The molecule has 2 aromatic carbocycles. The molecule has 0 aliphatic carbocycles. The number of benzene rings is 2. The lowest BCUT2D eigenvalue weighted by molar-refractivity contribution is 0.0950. The van der Waals surface area contributed by atoms with Crippen LogP contribution in [-0.2, 0) is 0 Å². The van der Waals surface area contributed by atoms with E-state index in [0.717, 1.165) is 11.1 Å². The highest BCUT2D eigenvalue weighted by atomic mass is 16.5. The van der Waals surface area contributed by atoms with E-state index < -0.39 is 5.91 Å². The standard InChI is InChI=1S/C22H24N4O4/c1-14(2)30-20-9-8-16(11-21(20)29-4)18-12-19(25-24-18)22(27)26-23-13-15-6-5-7-17(10-15)28-3/h5-14H,1-4H3,(H,24,25)(H,26,27)/b23-13-. The molecule has 2 N–H and O–H groups in total. The van der Waals surface area contributed by atoms with E-state index in [4.69, 9.17) is 14.2 Å². The van der Waals surface area contributed by atoms with Gasteiger partial charge in [-0.25, -0.2) is 5.43 Å². The Hall–Kier alpha value is -3.81. The zero-order valence-corrected chi connectivity index (χ0v) is 17.3. The second-order valence-corrected chi connectivity index (χ2v) is 6.67. The number of carbonyl (C=O) groups excluding carboxylic acids is 1. The molecule has 0 atom stereocenters. The fraction of sp³-hybridized carbons (Fsp3) is 0.227. The molecular formula is C22H24N4O4. The summed E-state index contributed by atoms with van der Waals surface area (Å²) in [6, 6.07) is 14.5. The highest BCUT2D eigenvalue weighted by Crippen LogP contribution is 2.32. The molecule has 30 heavy (non-hydrogen) atoms. The smallest absolute Gasteiger partial charge is 0.289 e. The van der Waals surface area contributed by atoms with Crippen molar-refractivity contribution in [3.8, 4) is 28.5 Å². The molecule has 1 amide bonds. The fourth-order valence-corrected chi connectivity index (χ4v) is 2.71. The summed E-state index contributed by atoms with van der Waals surface area (Å²) in [5, 5.41) is 10.9. The molecule has 0 unspecified atom stereocenters. The minimum Gasteiger partial charge on any atom is -0.497 e. The number of hydrogen-bond acceptors (Lipinski definition) is 6. The minimum absolute atomic E-state index is 0.0305. The summed E-state index contributed by atoms with van der Waals surface area (Å²) in [4.78, 5) is 12.3. The number of carbonyl (C=O) groups is 1. The van der Waals surface area contributed by atoms with Gasteiger partial charge in [0, 0.05) is 5.56 Å². The van der Waals surface area contributed by atoms with Gasteiger partial charge in [0.2, 0.25) is 0 Å². The van der Waals surface area contributed by atoms with Crippen LogP contribution in [0.4, 0.5) is 0 Å². The Bertz CT molecular complexity index is 1040. The van der Waals surface area contributed by atoms with Crippen LogP contribution in [0.25, 0.3) is 11.3 Å². The Labute approximate surface area is 174 Å². The molecular weight excluding hydrogens is 384 g/mol. The number of amides is 1. The van der Waals surface area contributed by atoms with Gasteiger partial charge in [-0.1, -0.05) is 12.1 Å². The van der Waals surface area contributed by atoms with Crippen molar-refractivity contribution in [1.29, 1.82) is 0 Å². The van der Waals surface area contributed by atoms with Gasteiger partial charge in [-0.3, -0.25) is 9.89 Å². The summed E-state index contributed by atoms with van der Waals surface area (Å²) < 4.78 is 16.3. The first-order valence-corrected chi connectivity index (χ1v) is 9.38. The molecule has 0 saturated heterocycles. The van der Waals surface area contributed by atoms with Gasteiger partial charge < -0.3 is 14.2 Å². The first-order chi connectivity index (χ1) is 14.5. The van der Waals surface area contributed by atoms with Crippen LogP contribution < -0.4 is 19.6 Å². The molecule has 0 bridgehead atoms. The Morgan fingerprint density at radius 3 is 2.67 bits per heavy atom. The lowest BCUT2D eigenvalue weighted by Gasteiger charge is -2.14.